The molecule has 1 N–H and O–H groups in total. The Morgan fingerprint density at radius 3 is 2.65 bits per heavy atom. The third-order valence-corrected chi connectivity index (χ3v) is 8.39. The van der Waals surface area contributed by atoms with Crippen molar-refractivity contribution in [2.75, 3.05) is 24.9 Å². The molecule has 0 amide bonds. The Morgan fingerprint density at radius 2 is 1.93 bits per heavy atom. The molecule has 218 valence electrons. The van der Waals surface area contributed by atoms with Crippen LogP contribution in [0.2, 0.25) is 5.28 Å². The van der Waals surface area contributed by atoms with E-state index in [9.17, 15) is 4.57 Å². The van der Waals surface area contributed by atoms with Crippen molar-refractivity contribution in [2.45, 2.75) is 77.6 Å². The first-order valence-corrected chi connectivity index (χ1v) is 15.4. The van der Waals surface area contributed by atoms with Crippen LogP contribution >= 0.6 is 19.2 Å². The molecule has 0 saturated carbocycles. The van der Waals surface area contributed by atoms with Gasteiger partial charge in [0.05, 0.1) is 25.6 Å². The predicted molar refractivity (Wildman–Crippen MR) is 148 cm³/mol. The molecule has 5 atom stereocenters. The first kappa shape index (κ1) is 29.3. The fraction of sp³-hybridized carbons (Fsp3) is 0.577. The minimum absolute atomic E-state index is 0.0694. The summed E-state index contributed by atoms with van der Waals surface area (Å²) in [5.74, 6) is -0.338. The molecule has 0 radical (unpaired) electrons. The van der Waals surface area contributed by atoms with Gasteiger partial charge >= 0.3 is 7.60 Å². The van der Waals surface area contributed by atoms with Gasteiger partial charge in [0.2, 0.25) is 5.28 Å². The van der Waals surface area contributed by atoms with Gasteiger partial charge in [0.25, 0.3) is 0 Å². The monoisotopic (exact) mass is 595 g/mol. The van der Waals surface area contributed by atoms with Crippen LogP contribution in [0.25, 0.3) is 11.2 Å². The first-order chi connectivity index (χ1) is 19.1. The van der Waals surface area contributed by atoms with Gasteiger partial charge in [-0.2, -0.15) is 9.97 Å². The van der Waals surface area contributed by atoms with Gasteiger partial charge < -0.3 is 33.3 Å². The van der Waals surface area contributed by atoms with Crippen molar-refractivity contribution in [1.82, 2.24) is 19.5 Å². The van der Waals surface area contributed by atoms with Crippen molar-refractivity contribution in [3.05, 3.63) is 47.5 Å². The molecule has 5 rings (SSSR count). The van der Waals surface area contributed by atoms with Crippen LogP contribution in [-0.4, -0.2) is 69.3 Å². The van der Waals surface area contributed by atoms with Crippen LogP contribution in [0, 0.1) is 0 Å². The summed E-state index contributed by atoms with van der Waals surface area (Å²) in [5.41, 5.74) is 2.11. The summed E-state index contributed by atoms with van der Waals surface area (Å²) in [7, 11) is -3.43. The standard InChI is InChI=1S/C26H35ClN5O7P/c1-6-35-40(33,39-16(2)3)15-34-13-18-20-21(38-26(4,5)37-20)24(36-18)32-14-29-19-22(30-25(27)31-23(19)32)28-12-17-10-8-7-9-11-17/h7-11,14,16,18,20-21,24H,6,12-13,15H2,1-5H3,(H,28,30,31)/t18-,20-,21-,24-,40?/m1/s1. The molecule has 14 heteroatoms. The number of imidazole rings is 1. The normalized spacial score (nSPS) is 25.4. The van der Waals surface area contributed by atoms with E-state index in [1.54, 1.807) is 31.7 Å². The Bertz CT molecular complexity index is 1360. The number of rotatable bonds is 12. The van der Waals surface area contributed by atoms with Crippen LogP contribution in [0.4, 0.5) is 5.82 Å². The quantitative estimate of drug-likeness (QED) is 0.221. The van der Waals surface area contributed by atoms with Crippen molar-refractivity contribution in [3.8, 4) is 0 Å². The van der Waals surface area contributed by atoms with Gasteiger partial charge in [0, 0.05) is 6.54 Å². The van der Waals surface area contributed by atoms with Gasteiger partial charge in [-0.25, -0.2) is 4.98 Å². The number of fused-ring (bicyclic) bond motifs is 2. The molecule has 1 unspecified atom stereocenters. The molecule has 2 aliphatic heterocycles. The van der Waals surface area contributed by atoms with Crippen LogP contribution in [0.5, 0.6) is 0 Å². The molecule has 2 aliphatic rings. The van der Waals surface area contributed by atoms with Crippen LogP contribution < -0.4 is 5.32 Å². The second kappa shape index (κ2) is 12.0. The molecule has 12 nitrogen and oxygen atoms in total. The molecule has 0 aliphatic carbocycles. The number of hydrogen-bond donors (Lipinski definition) is 1. The second-order valence-electron chi connectivity index (χ2n) is 10.3. The molecular weight excluding hydrogens is 561 g/mol. The number of benzene rings is 1. The summed E-state index contributed by atoms with van der Waals surface area (Å²) in [6, 6.07) is 9.94. The van der Waals surface area contributed by atoms with Gasteiger partial charge in [-0.15, -0.1) is 0 Å². The van der Waals surface area contributed by atoms with Gasteiger partial charge in [-0.1, -0.05) is 30.3 Å². The summed E-state index contributed by atoms with van der Waals surface area (Å²) in [6.07, 6.45) is -0.967. The number of ether oxygens (including phenoxy) is 4. The van der Waals surface area contributed by atoms with Gasteiger partial charge in [0.15, 0.2) is 29.0 Å². The summed E-state index contributed by atoms with van der Waals surface area (Å²) in [5, 5.41) is 3.37. The summed E-state index contributed by atoms with van der Waals surface area (Å²) in [4.78, 5) is 13.4. The minimum Gasteiger partial charge on any atom is -0.366 e. The third-order valence-electron chi connectivity index (χ3n) is 6.33. The molecule has 2 fully saturated rings. The van der Waals surface area contributed by atoms with E-state index >= 15 is 0 Å². The predicted octanol–water partition coefficient (Wildman–Crippen LogP) is 5.14. The van der Waals surface area contributed by atoms with E-state index in [1.807, 2.05) is 44.2 Å². The Morgan fingerprint density at radius 1 is 1.18 bits per heavy atom. The molecule has 1 aromatic carbocycles. The summed E-state index contributed by atoms with van der Waals surface area (Å²) in [6.45, 7) is 9.89. The molecule has 2 aromatic heterocycles. The van der Waals surface area contributed by atoms with Crippen molar-refractivity contribution in [1.29, 1.82) is 0 Å². The Hall–Kier alpha value is -2.15. The highest BCUT2D eigenvalue weighted by atomic mass is 35.5. The number of anilines is 1. The van der Waals surface area contributed by atoms with E-state index in [1.165, 1.54) is 0 Å². The first-order valence-electron chi connectivity index (χ1n) is 13.3. The second-order valence-corrected chi connectivity index (χ2v) is 12.6. The number of hydrogen-bond acceptors (Lipinski definition) is 11. The smallest absolute Gasteiger partial charge is 0.356 e. The summed E-state index contributed by atoms with van der Waals surface area (Å²) < 4.78 is 50.4. The highest BCUT2D eigenvalue weighted by Crippen LogP contribution is 2.50. The van der Waals surface area contributed by atoms with Crippen LogP contribution in [0.15, 0.2) is 36.7 Å². The lowest BCUT2D eigenvalue weighted by Gasteiger charge is -2.25. The zero-order valence-corrected chi connectivity index (χ0v) is 24.8. The zero-order chi connectivity index (χ0) is 28.5. The van der Waals surface area contributed by atoms with Gasteiger partial charge in [-0.3, -0.25) is 9.13 Å². The fourth-order valence-electron chi connectivity index (χ4n) is 4.89. The average Bonchev–Trinajstić information content (AvgIpc) is 3.54. The highest BCUT2D eigenvalue weighted by Gasteiger charge is 2.56. The number of nitrogens with one attached hydrogen (secondary N) is 1. The van der Waals surface area contributed by atoms with Gasteiger partial charge in [0.1, 0.15) is 24.7 Å². The lowest BCUT2D eigenvalue weighted by molar-refractivity contribution is -0.201. The van der Waals surface area contributed by atoms with Crippen molar-refractivity contribution in [3.63, 3.8) is 0 Å². The molecule has 0 bridgehead atoms. The number of aromatic nitrogens is 4. The van der Waals surface area contributed by atoms with E-state index in [-0.39, 0.29) is 30.9 Å². The van der Waals surface area contributed by atoms with E-state index in [0.29, 0.717) is 23.5 Å². The molecule has 0 spiro atoms. The van der Waals surface area contributed by atoms with Crippen LogP contribution in [0.1, 0.15) is 46.4 Å². The minimum atomic E-state index is -3.43. The maximum absolute atomic E-state index is 13.0. The number of halogens is 1. The third kappa shape index (κ3) is 6.50. The molecule has 40 heavy (non-hydrogen) atoms. The lowest BCUT2D eigenvalue weighted by atomic mass is 10.1. The Labute approximate surface area is 238 Å². The van der Waals surface area contributed by atoms with E-state index in [4.69, 9.17) is 39.6 Å². The van der Waals surface area contributed by atoms with Crippen LogP contribution in [-0.2, 0) is 39.1 Å². The highest BCUT2D eigenvalue weighted by molar-refractivity contribution is 7.53. The van der Waals surface area contributed by atoms with Gasteiger partial charge in [-0.05, 0) is 51.8 Å². The average molecular weight is 596 g/mol. The Balaban J connectivity index is 1.36. The molecular formula is C26H35ClN5O7P. The topological polar surface area (TPSA) is 128 Å². The largest absolute Gasteiger partial charge is 0.366 e. The summed E-state index contributed by atoms with van der Waals surface area (Å²) >= 11 is 6.33. The molecule has 3 aromatic rings. The molecule has 4 heterocycles. The SMILES string of the molecule is CCOP(=O)(COC[C@H]1O[C@@H](n2cnc3c(NCc4ccccc4)nc(Cl)nc32)[C@@H]2OC(C)(C)O[C@@H]21)OC(C)C. The van der Waals surface area contributed by atoms with Crippen molar-refractivity contribution in [2.24, 2.45) is 0 Å². The maximum Gasteiger partial charge on any atom is 0.356 e. The van der Waals surface area contributed by atoms with Crippen molar-refractivity contribution < 1.29 is 32.6 Å². The van der Waals surface area contributed by atoms with E-state index in [2.05, 4.69) is 20.3 Å². The maximum atomic E-state index is 13.0. The fourth-order valence-corrected chi connectivity index (χ4v) is 6.62. The molecule has 2 saturated heterocycles. The zero-order valence-electron chi connectivity index (χ0n) is 23.2. The van der Waals surface area contributed by atoms with Crippen molar-refractivity contribution >= 4 is 36.2 Å². The van der Waals surface area contributed by atoms with Crippen LogP contribution in [0.3, 0.4) is 0 Å². The Kier molecular flexibility index (Phi) is 8.80. The number of nitrogens with zero attached hydrogens (tertiary/aromatic N) is 4. The van der Waals surface area contributed by atoms with E-state index < -0.39 is 37.9 Å². The lowest BCUT2D eigenvalue weighted by Crippen LogP contribution is -2.33. The van der Waals surface area contributed by atoms with E-state index in [0.717, 1.165) is 5.56 Å².